The molecular weight excluding hydrogens is 342 g/mol. The van der Waals surface area contributed by atoms with Crippen molar-refractivity contribution in [2.24, 2.45) is 0 Å². The van der Waals surface area contributed by atoms with Crippen molar-refractivity contribution >= 4 is 35.2 Å². The van der Waals surface area contributed by atoms with Crippen molar-refractivity contribution < 1.29 is 4.79 Å². The molecular formula is C17H17N3O2S2. The Kier molecular flexibility index (Phi) is 5.11. The van der Waals surface area contributed by atoms with Crippen molar-refractivity contribution in [3.8, 4) is 0 Å². The second kappa shape index (κ2) is 7.27. The van der Waals surface area contributed by atoms with Crippen molar-refractivity contribution in [2.45, 2.75) is 22.4 Å². The van der Waals surface area contributed by atoms with Crippen LogP contribution in [0.3, 0.4) is 0 Å². The number of aromatic amines is 1. The molecule has 0 saturated carbocycles. The molecule has 0 radical (unpaired) electrons. The zero-order chi connectivity index (χ0) is 17.1. The fourth-order valence-electron chi connectivity index (χ4n) is 2.68. The van der Waals surface area contributed by atoms with Gasteiger partial charge in [0.15, 0.2) is 5.16 Å². The van der Waals surface area contributed by atoms with Crippen LogP contribution in [-0.2, 0) is 4.79 Å². The van der Waals surface area contributed by atoms with Crippen LogP contribution in [0, 0.1) is 0 Å². The molecule has 1 amide bonds. The average molecular weight is 359 g/mol. The molecule has 1 atom stereocenters. The molecule has 2 N–H and O–H groups in total. The number of carbonyl (C=O) groups excluding carboxylic acids is 1. The lowest BCUT2D eigenvalue weighted by molar-refractivity contribution is -0.116. The summed E-state index contributed by atoms with van der Waals surface area (Å²) < 4.78 is 0. The van der Waals surface area contributed by atoms with E-state index in [0.717, 1.165) is 10.5 Å². The molecule has 24 heavy (non-hydrogen) atoms. The molecule has 0 aliphatic carbocycles. The minimum atomic E-state index is -0.278. The number of H-pyrrole nitrogens is 1. The van der Waals surface area contributed by atoms with Crippen LogP contribution in [0.4, 0.5) is 5.82 Å². The molecule has 1 aliphatic heterocycles. The first-order chi connectivity index (χ1) is 11.6. The maximum Gasteiger partial charge on any atom is 0.257 e. The normalized spacial score (nSPS) is 16.4. The Morgan fingerprint density at radius 3 is 2.75 bits per heavy atom. The number of benzene rings is 1. The number of hydrogen-bond donors (Lipinski definition) is 2. The standard InChI is InChI=1S/C17H17N3O2S2/c1-3-8-24-17-19-15-14(16(22)20-17)12(9-13(21)18-15)10-4-6-11(23-2)7-5-10/h3-7,12H,1,8-9H2,2H3,(H2,18,19,20,21,22)/t12-/m1/s1. The fraction of sp³-hybridized carbons (Fsp3) is 0.235. The van der Waals surface area contributed by atoms with Crippen LogP contribution < -0.4 is 10.9 Å². The van der Waals surface area contributed by atoms with Gasteiger partial charge in [0.05, 0.1) is 5.56 Å². The molecule has 0 unspecified atom stereocenters. The SMILES string of the molecule is C=CCSc1nc2c(c(=O)[nH]1)[C@@H](c1ccc(SC)cc1)CC(=O)N2. The molecule has 7 heteroatoms. The second-order valence-electron chi connectivity index (χ2n) is 5.31. The van der Waals surface area contributed by atoms with Crippen LogP contribution in [0.5, 0.6) is 0 Å². The second-order valence-corrected chi connectivity index (χ2v) is 7.20. The van der Waals surface area contributed by atoms with Gasteiger partial charge in [0.1, 0.15) is 5.82 Å². The van der Waals surface area contributed by atoms with Gasteiger partial charge in [0.2, 0.25) is 5.91 Å². The maximum atomic E-state index is 12.6. The van der Waals surface area contributed by atoms with Crippen molar-refractivity contribution in [2.75, 3.05) is 17.3 Å². The van der Waals surface area contributed by atoms with Gasteiger partial charge in [-0.15, -0.1) is 18.3 Å². The smallest absolute Gasteiger partial charge is 0.257 e. The summed E-state index contributed by atoms with van der Waals surface area (Å²) in [5.74, 6) is 0.592. The van der Waals surface area contributed by atoms with Gasteiger partial charge in [-0.25, -0.2) is 4.98 Å². The van der Waals surface area contributed by atoms with Crippen molar-refractivity contribution in [1.82, 2.24) is 9.97 Å². The number of hydrogen-bond acceptors (Lipinski definition) is 5. The Balaban J connectivity index is 2.03. The average Bonchev–Trinajstić information content (AvgIpc) is 2.59. The molecule has 1 aromatic heterocycles. The highest BCUT2D eigenvalue weighted by Gasteiger charge is 2.30. The van der Waals surface area contributed by atoms with E-state index in [2.05, 4.69) is 21.9 Å². The van der Waals surface area contributed by atoms with E-state index in [9.17, 15) is 9.59 Å². The van der Waals surface area contributed by atoms with Crippen molar-refractivity contribution in [1.29, 1.82) is 0 Å². The van der Waals surface area contributed by atoms with Gasteiger partial charge in [0, 0.05) is 23.0 Å². The van der Waals surface area contributed by atoms with Gasteiger partial charge in [-0.3, -0.25) is 9.59 Å². The summed E-state index contributed by atoms with van der Waals surface area (Å²) in [5.41, 5.74) is 1.27. The van der Waals surface area contributed by atoms with E-state index in [1.807, 2.05) is 30.5 Å². The molecule has 3 rings (SSSR count). The van der Waals surface area contributed by atoms with Gasteiger partial charge < -0.3 is 10.3 Å². The number of nitrogens with one attached hydrogen (secondary N) is 2. The minimum Gasteiger partial charge on any atom is -0.310 e. The molecule has 0 spiro atoms. The lowest BCUT2D eigenvalue weighted by Crippen LogP contribution is -2.31. The third kappa shape index (κ3) is 3.42. The number of thioether (sulfide) groups is 2. The largest absolute Gasteiger partial charge is 0.310 e. The summed E-state index contributed by atoms with van der Waals surface area (Å²) in [6.45, 7) is 3.65. The lowest BCUT2D eigenvalue weighted by atomic mass is 9.87. The highest BCUT2D eigenvalue weighted by Crippen LogP contribution is 2.35. The third-order valence-electron chi connectivity index (χ3n) is 3.79. The predicted octanol–water partition coefficient (Wildman–Crippen LogP) is 3.24. The molecule has 124 valence electrons. The first-order valence-corrected chi connectivity index (χ1v) is 9.65. The minimum absolute atomic E-state index is 0.126. The van der Waals surface area contributed by atoms with E-state index in [-0.39, 0.29) is 23.8 Å². The molecule has 0 bridgehead atoms. The topological polar surface area (TPSA) is 74.8 Å². The number of nitrogens with zero attached hydrogens (tertiary/aromatic N) is 1. The van der Waals surface area contributed by atoms with E-state index in [1.54, 1.807) is 17.8 Å². The molecule has 2 aromatic rings. The number of rotatable bonds is 5. The molecule has 0 saturated heterocycles. The van der Waals surface area contributed by atoms with Crippen LogP contribution >= 0.6 is 23.5 Å². The van der Waals surface area contributed by atoms with Crippen molar-refractivity contribution in [3.05, 3.63) is 58.4 Å². The third-order valence-corrected chi connectivity index (χ3v) is 5.40. The predicted molar refractivity (Wildman–Crippen MR) is 99.1 cm³/mol. The Morgan fingerprint density at radius 1 is 1.33 bits per heavy atom. The van der Waals surface area contributed by atoms with Gasteiger partial charge in [-0.2, -0.15) is 0 Å². The molecule has 0 fully saturated rings. The summed E-state index contributed by atoms with van der Waals surface area (Å²) in [6, 6.07) is 7.95. The first kappa shape index (κ1) is 16.9. The summed E-state index contributed by atoms with van der Waals surface area (Å²) >= 11 is 3.02. The van der Waals surface area contributed by atoms with E-state index in [1.165, 1.54) is 11.8 Å². The maximum absolute atomic E-state index is 12.6. The zero-order valence-corrected chi connectivity index (χ0v) is 14.8. The molecule has 5 nitrogen and oxygen atoms in total. The van der Waals surface area contributed by atoms with E-state index < -0.39 is 0 Å². The van der Waals surface area contributed by atoms with E-state index >= 15 is 0 Å². The fourth-order valence-corrected chi connectivity index (χ4v) is 3.68. The van der Waals surface area contributed by atoms with Crippen LogP contribution in [-0.4, -0.2) is 27.9 Å². The van der Waals surface area contributed by atoms with Gasteiger partial charge in [0.25, 0.3) is 5.56 Å². The van der Waals surface area contributed by atoms with Gasteiger partial charge in [-0.1, -0.05) is 30.0 Å². The molecule has 1 aliphatic rings. The monoisotopic (exact) mass is 359 g/mol. The first-order valence-electron chi connectivity index (χ1n) is 7.44. The summed E-state index contributed by atoms with van der Waals surface area (Å²) in [7, 11) is 0. The number of anilines is 1. The Morgan fingerprint density at radius 2 is 2.08 bits per heavy atom. The van der Waals surface area contributed by atoms with E-state index in [4.69, 9.17) is 0 Å². The van der Waals surface area contributed by atoms with Crippen LogP contribution in [0.1, 0.15) is 23.5 Å². The highest BCUT2D eigenvalue weighted by molar-refractivity contribution is 7.99. The Bertz CT molecular complexity index is 831. The molecule has 2 heterocycles. The number of amides is 1. The summed E-state index contributed by atoms with van der Waals surface area (Å²) in [4.78, 5) is 33.0. The van der Waals surface area contributed by atoms with Gasteiger partial charge in [-0.05, 0) is 24.0 Å². The van der Waals surface area contributed by atoms with Crippen molar-refractivity contribution in [3.63, 3.8) is 0 Å². The quantitative estimate of drug-likeness (QED) is 0.487. The van der Waals surface area contributed by atoms with Gasteiger partial charge >= 0.3 is 0 Å². The number of aromatic nitrogens is 2. The van der Waals surface area contributed by atoms with Crippen LogP contribution in [0.15, 0.2) is 51.8 Å². The number of fused-ring (bicyclic) bond motifs is 1. The summed E-state index contributed by atoms with van der Waals surface area (Å²) in [6.07, 6.45) is 3.99. The Hall–Kier alpha value is -1.99. The Labute approximate surface area is 148 Å². The van der Waals surface area contributed by atoms with Crippen LogP contribution in [0.25, 0.3) is 0 Å². The van der Waals surface area contributed by atoms with E-state index in [0.29, 0.717) is 22.3 Å². The molecule has 1 aromatic carbocycles. The van der Waals surface area contributed by atoms with Crippen LogP contribution in [0.2, 0.25) is 0 Å². The summed E-state index contributed by atoms with van der Waals surface area (Å²) in [5, 5.41) is 3.21. The zero-order valence-electron chi connectivity index (χ0n) is 13.2. The number of carbonyl (C=O) groups is 1. The highest BCUT2D eigenvalue weighted by atomic mass is 32.2. The lowest BCUT2D eigenvalue weighted by Gasteiger charge is -2.24.